The number of amides is 1. The number of rotatable bonds is 55. The molecule has 3 N–H and O–H groups in total. The first-order valence-corrected chi connectivity index (χ1v) is 29.9. The van der Waals surface area contributed by atoms with Crippen molar-refractivity contribution in [2.24, 2.45) is 0 Å². The Labute approximate surface area is 414 Å². The van der Waals surface area contributed by atoms with Gasteiger partial charge in [0.2, 0.25) is 5.91 Å². The van der Waals surface area contributed by atoms with E-state index in [1.165, 1.54) is 263 Å². The molecular weight excluding hydrogens is 807 g/mol. The molecule has 0 saturated heterocycles. The highest BCUT2D eigenvalue weighted by Crippen LogP contribution is 2.17. The molecule has 0 aromatic carbocycles. The second kappa shape index (κ2) is 57.7. The van der Waals surface area contributed by atoms with E-state index in [0.29, 0.717) is 6.42 Å². The number of carbonyl (C=O) groups is 1. The number of aliphatic hydroxyl groups excluding tert-OH is 2. The maximum absolute atomic E-state index is 12.5. The molecule has 0 aromatic heterocycles. The Morgan fingerprint density at radius 1 is 0.364 bits per heavy atom. The minimum atomic E-state index is -0.841. The van der Waals surface area contributed by atoms with E-state index < -0.39 is 12.1 Å². The molecular formula is C62H117NO3. The molecule has 4 heteroatoms. The third kappa shape index (κ3) is 53.3. The second-order valence-corrected chi connectivity index (χ2v) is 20.4. The van der Waals surface area contributed by atoms with E-state index in [2.05, 4.69) is 55.6 Å². The lowest BCUT2D eigenvalue weighted by molar-refractivity contribution is -0.123. The first kappa shape index (κ1) is 64.3. The van der Waals surface area contributed by atoms with E-state index >= 15 is 0 Å². The summed E-state index contributed by atoms with van der Waals surface area (Å²) in [5, 5.41) is 23.2. The van der Waals surface area contributed by atoms with Crippen LogP contribution in [0.3, 0.4) is 0 Å². The summed E-state index contributed by atoms with van der Waals surface area (Å²) in [6.45, 7) is 4.33. The van der Waals surface area contributed by atoms with Crippen molar-refractivity contribution >= 4 is 5.91 Å². The van der Waals surface area contributed by atoms with Crippen molar-refractivity contribution < 1.29 is 15.0 Å². The van der Waals surface area contributed by atoms with Crippen molar-refractivity contribution in [3.8, 4) is 0 Å². The Morgan fingerprint density at radius 2 is 0.621 bits per heavy atom. The topological polar surface area (TPSA) is 69.6 Å². The van der Waals surface area contributed by atoms with Crippen LogP contribution in [0.5, 0.6) is 0 Å². The minimum absolute atomic E-state index is 0.0611. The molecule has 4 nitrogen and oxygen atoms in total. The van der Waals surface area contributed by atoms with E-state index in [0.717, 1.165) is 38.5 Å². The summed E-state index contributed by atoms with van der Waals surface area (Å²) in [4.78, 5) is 12.5. The van der Waals surface area contributed by atoms with Gasteiger partial charge in [-0.05, 0) is 57.8 Å². The van der Waals surface area contributed by atoms with Crippen LogP contribution in [-0.2, 0) is 4.79 Å². The number of carbonyl (C=O) groups excluding carboxylic acids is 1. The van der Waals surface area contributed by atoms with Crippen LogP contribution in [0.2, 0.25) is 0 Å². The molecule has 0 aromatic rings. The summed E-state index contributed by atoms with van der Waals surface area (Å²) in [7, 11) is 0. The number of hydrogen-bond acceptors (Lipinski definition) is 3. The molecule has 0 bridgehead atoms. The van der Waals surface area contributed by atoms with Crippen LogP contribution in [0.1, 0.15) is 322 Å². The summed E-state index contributed by atoms with van der Waals surface area (Å²) in [5.41, 5.74) is 0. The molecule has 0 saturated carbocycles. The van der Waals surface area contributed by atoms with Gasteiger partial charge in [-0.25, -0.2) is 0 Å². The predicted molar refractivity (Wildman–Crippen MR) is 295 cm³/mol. The molecule has 0 aliphatic heterocycles. The Bertz CT molecular complexity index is 1050. The van der Waals surface area contributed by atoms with E-state index in [9.17, 15) is 15.0 Å². The van der Waals surface area contributed by atoms with Gasteiger partial charge in [-0.3, -0.25) is 4.79 Å². The average molecular weight is 925 g/mol. The van der Waals surface area contributed by atoms with Crippen LogP contribution < -0.4 is 5.32 Å². The Hall–Kier alpha value is -1.65. The number of hydrogen-bond donors (Lipinski definition) is 3. The molecule has 66 heavy (non-hydrogen) atoms. The fraction of sp³-hybridized carbons (Fsp3) is 0.855. The first-order chi connectivity index (χ1) is 32.7. The second-order valence-electron chi connectivity index (χ2n) is 20.4. The number of allylic oxidation sites excluding steroid dienone is 7. The molecule has 1 amide bonds. The van der Waals surface area contributed by atoms with Gasteiger partial charge in [-0.15, -0.1) is 0 Å². The van der Waals surface area contributed by atoms with E-state index in [1.807, 2.05) is 6.08 Å². The maximum atomic E-state index is 12.5. The molecule has 0 aliphatic carbocycles. The third-order valence-corrected chi connectivity index (χ3v) is 13.8. The molecule has 0 rings (SSSR count). The standard InChI is InChI=1S/C62H117NO3/c1-3-5-7-9-11-13-15-17-19-21-23-25-27-29-30-31-32-34-36-38-40-42-44-46-48-50-52-54-56-58-62(66)63-60(59-64)61(65)57-55-53-51-49-47-45-43-41-39-37-35-33-28-26-24-22-20-18-16-14-12-10-8-6-4-2/h15,17,21,23,27,29,55,57,60-61,64-65H,3-14,16,18-20,22,24-26,28,30-54,56,58-59H2,1-2H3,(H,63,66)/b17-15-,23-21-,29-27-,57-55+. The third-order valence-electron chi connectivity index (χ3n) is 13.8. The van der Waals surface area contributed by atoms with Gasteiger partial charge in [0, 0.05) is 6.42 Å². The van der Waals surface area contributed by atoms with Crippen molar-refractivity contribution in [2.75, 3.05) is 6.61 Å². The summed E-state index contributed by atoms with van der Waals surface area (Å²) in [6, 6.07) is -0.624. The van der Waals surface area contributed by atoms with Gasteiger partial charge in [-0.1, -0.05) is 306 Å². The van der Waals surface area contributed by atoms with Crippen LogP contribution >= 0.6 is 0 Å². The lowest BCUT2D eigenvalue weighted by atomic mass is 10.0. The predicted octanol–water partition coefficient (Wildman–Crippen LogP) is 19.8. The maximum Gasteiger partial charge on any atom is 0.220 e. The van der Waals surface area contributed by atoms with Gasteiger partial charge in [0.1, 0.15) is 0 Å². The molecule has 0 fully saturated rings. The summed E-state index contributed by atoms with van der Waals surface area (Å²) in [5.74, 6) is -0.0611. The molecule has 0 spiro atoms. The molecule has 0 heterocycles. The zero-order valence-corrected chi connectivity index (χ0v) is 44.7. The van der Waals surface area contributed by atoms with Gasteiger partial charge in [0.15, 0.2) is 0 Å². The van der Waals surface area contributed by atoms with Gasteiger partial charge >= 0.3 is 0 Å². The monoisotopic (exact) mass is 924 g/mol. The molecule has 0 radical (unpaired) electrons. The van der Waals surface area contributed by atoms with Gasteiger partial charge < -0.3 is 15.5 Å². The Kier molecular flexibility index (Phi) is 56.2. The lowest BCUT2D eigenvalue weighted by Crippen LogP contribution is -2.45. The zero-order valence-electron chi connectivity index (χ0n) is 44.7. The zero-order chi connectivity index (χ0) is 47.7. The lowest BCUT2D eigenvalue weighted by Gasteiger charge is -2.20. The van der Waals surface area contributed by atoms with Crippen LogP contribution in [-0.4, -0.2) is 34.9 Å². The smallest absolute Gasteiger partial charge is 0.220 e. The highest BCUT2D eigenvalue weighted by molar-refractivity contribution is 5.76. The Morgan fingerprint density at radius 3 is 0.924 bits per heavy atom. The molecule has 2 atom stereocenters. The largest absolute Gasteiger partial charge is 0.394 e. The van der Waals surface area contributed by atoms with E-state index in [1.54, 1.807) is 6.08 Å². The Balaban J connectivity index is 3.48. The van der Waals surface area contributed by atoms with Crippen LogP contribution in [0.4, 0.5) is 0 Å². The SMILES string of the molecule is CCCCCCC/C=C\C/C=C\C/C=C\CCCCCCCCCCCCCCCCC(=O)NC(CO)C(O)/C=C/CCCCCCCCCCCCCCCCCCCCCCCCC. The van der Waals surface area contributed by atoms with Crippen LogP contribution in [0, 0.1) is 0 Å². The number of unbranched alkanes of at least 4 members (excludes halogenated alkanes) is 42. The van der Waals surface area contributed by atoms with E-state index in [4.69, 9.17) is 0 Å². The molecule has 388 valence electrons. The highest BCUT2D eigenvalue weighted by Gasteiger charge is 2.18. The summed E-state index contributed by atoms with van der Waals surface area (Å²) < 4.78 is 0. The van der Waals surface area contributed by atoms with Gasteiger partial charge in [0.05, 0.1) is 18.8 Å². The summed E-state index contributed by atoms with van der Waals surface area (Å²) >= 11 is 0. The van der Waals surface area contributed by atoms with Crippen LogP contribution in [0.15, 0.2) is 48.6 Å². The normalized spacial score (nSPS) is 13.1. The number of nitrogens with one attached hydrogen (secondary N) is 1. The average Bonchev–Trinajstić information content (AvgIpc) is 3.32. The van der Waals surface area contributed by atoms with Crippen molar-refractivity contribution in [1.29, 1.82) is 0 Å². The first-order valence-electron chi connectivity index (χ1n) is 29.9. The van der Waals surface area contributed by atoms with Crippen molar-refractivity contribution in [3.63, 3.8) is 0 Å². The van der Waals surface area contributed by atoms with Crippen molar-refractivity contribution in [1.82, 2.24) is 5.32 Å². The fourth-order valence-electron chi connectivity index (χ4n) is 9.25. The van der Waals surface area contributed by atoms with Crippen LogP contribution in [0.25, 0.3) is 0 Å². The molecule has 2 unspecified atom stereocenters. The summed E-state index contributed by atoms with van der Waals surface area (Å²) in [6.07, 6.45) is 80.0. The van der Waals surface area contributed by atoms with Gasteiger partial charge in [0.25, 0.3) is 0 Å². The molecule has 0 aliphatic rings. The highest BCUT2D eigenvalue weighted by atomic mass is 16.3. The van der Waals surface area contributed by atoms with Gasteiger partial charge in [-0.2, -0.15) is 0 Å². The quantitative estimate of drug-likeness (QED) is 0.0420. The number of aliphatic hydroxyl groups is 2. The van der Waals surface area contributed by atoms with Crippen molar-refractivity contribution in [3.05, 3.63) is 48.6 Å². The van der Waals surface area contributed by atoms with Crippen molar-refractivity contribution in [2.45, 2.75) is 334 Å². The minimum Gasteiger partial charge on any atom is -0.394 e. The fourth-order valence-corrected chi connectivity index (χ4v) is 9.25. The van der Waals surface area contributed by atoms with E-state index in [-0.39, 0.29) is 12.5 Å².